The summed E-state index contributed by atoms with van der Waals surface area (Å²) in [4.78, 5) is 14.8. The first-order chi connectivity index (χ1) is 14.6. The van der Waals surface area contributed by atoms with Crippen molar-refractivity contribution in [3.05, 3.63) is 92.4 Å². The minimum absolute atomic E-state index is 0.0520. The number of nitrogens with zero attached hydrogens (tertiary/aromatic N) is 3. The number of thiazole rings is 1. The van der Waals surface area contributed by atoms with Crippen LogP contribution >= 0.6 is 27.3 Å². The Hall–Kier alpha value is -3.30. The molecule has 0 radical (unpaired) electrons. The highest BCUT2D eigenvalue weighted by atomic mass is 79.9. The number of hydrogen-bond donors (Lipinski definition) is 1. The van der Waals surface area contributed by atoms with Gasteiger partial charge in [0.2, 0.25) is 5.13 Å². The Bertz CT molecular complexity index is 1190. The van der Waals surface area contributed by atoms with E-state index in [2.05, 4.69) is 31.4 Å². The van der Waals surface area contributed by atoms with E-state index >= 15 is 0 Å². The topological polar surface area (TPSA) is 89.7 Å². The van der Waals surface area contributed by atoms with Crippen molar-refractivity contribution in [3.8, 4) is 5.75 Å². The van der Waals surface area contributed by atoms with Crippen LogP contribution in [0.3, 0.4) is 0 Å². The van der Waals surface area contributed by atoms with Gasteiger partial charge in [-0.3, -0.25) is 15.5 Å². The largest absolute Gasteiger partial charge is 0.488 e. The Labute approximate surface area is 184 Å². The second-order valence-electron chi connectivity index (χ2n) is 6.25. The van der Waals surface area contributed by atoms with Crippen LogP contribution in [0.4, 0.5) is 10.8 Å². The van der Waals surface area contributed by atoms with Crippen LogP contribution in [0.15, 0.2) is 76.3 Å². The number of nitro groups is 1. The van der Waals surface area contributed by atoms with Crippen molar-refractivity contribution in [2.24, 2.45) is 5.10 Å². The number of hydrazone groups is 1. The standard InChI is InChI=1S/C21H15BrN4O3S/c22-16-7-10-19(29-13-14-5-8-17(9-6-14)26(27)28)15(11-16)12-23-25-21-24-18-3-1-2-4-20(18)30-21/h1-12H,13H2,(H,24,25)/b23-12-. The van der Waals surface area contributed by atoms with Crippen molar-refractivity contribution in [1.29, 1.82) is 0 Å². The zero-order valence-corrected chi connectivity index (χ0v) is 17.9. The van der Waals surface area contributed by atoms with Crippen molar-refractivity contribution in [1.82, 2.24) is 4.98 Å². The number of ether oxygens (including phenoxy) is 1. The van der Waals surface area contributed by atoms with Crippen molar-refractivity contribution in [2.75, 3.05) is 5.43 Å². The summed E-state index contributed by atoms with van der Waals surface area (Å²) < 4.78 is 7.89. The van der Waals surface area contributed by atoms with Gasteiger partial charge < -0.3 is 4.74 Å². The molecule has 1 N–H and O–H groups in total. The van der Waals surface area contributed by atoms with E-state index in [-0.39, 0.29) is 12.3 Å². The van der Waals surface area contributed by atoms with Crippen molar-refractivity contribution in [3.63, 3.8) is 0 Å². The Balaban J connectivity index is 1.45. The molecule has 0 saturated heterocycles. The quantitative estimate of drug-likeness (QED) is 0.198. The minimum Gasteiger partial charge on any atom is -0.488 e. The number of nitro benzene ring substituents is 1. The minimum atomic E-state index is -0.424. The number of aromatic nitrogens is 1. The van der Waals surface area contributed by atoms with Crippen LogP contribution in [0.25, 0.3) is 10.2 Å². The molecule has 4 aromatic rings. The Kier molecular flexibility index (Phi) is 6.01. The van der Waals surface area contributed by atoms with Crippen molar-refractivity contribution < 1.29 is 9.66 Å². The lowest BCUT2D eigenvalue weighted by Gasteiger charge is -2.09. The molecule has 0 aliphatic carbocycles. The number of fused-ring (bicyclic) bond motifs is 1. The maximum absolute atomic E-state index is 10.8. The molecule has 7 nitrogen and oxygen atoms in total. The average Bonchev–Trinajstić information content (AvgIpc) is 3.16. The number of halogens is 1. The lowest BCUT2D eigenvalue weighted by atomic mass is 10.2. The summed E-state index contributed by atoms with van der Waals surface area (Å²) >= 11 is 4.99. The van der Waals surface area contributed by atoms with Crippen LogP contribution in [0.5, 0.6) is 5.75 Å². The second-order valence-corrected chi connectivity index (χ2v) is 8.20. The van der Waals surface area contributed by atoms with Gasteiger partial charge in [-0.05, 0) is 48.0 Å². The maximum atomic E-state index is 10.8. The average molecular weight is 483 g/mol. The third kappa shape index (κ3) is 4.81. The zero-order chi connectivity index (χ0) is 20.9. The monoisotopic (exact) mass is 482 g/mol. The Morgan fingerprint density at radius 2 is 1.97 bits per heavy atom. The molecule has 0 aliphatic heterocycles. The van der Waals surface area contributed by atoms with E-state index in [1.165, 1.54) is 23.5 Å². The first-order valence-electron chi connectivity index (χ1n) is 8.89. The molecule has 0 fully saturated rings. The molecule has 9 heteroatoms. The highest BCUT2D eigenvalue weighted by molar-refractivity contribution is 9.10. The van der Waals surface area contributed by atoms with Crippen molar-refractivity contribution in [2.45, 2.75) is 6.61 Å². The van der Waals surface area contributed by atoms with E-state index in [4.69, 9.17) is 4.74 Å². The van der Waals surface area contributed by atoms with E-state index in [0.717, 1.165) is 25.8 Å². The van der Waals surface area contributed by atoms with E-state index < -0.39 is 4.92 Å². The van der Waals surface area contributed by atoms with Crippen LogP contribution in [0.2, 0.25) is 0 Å². The molecule has 3 aromatic carbocycles. The van der Waals surface area contributed by atoms with E-state index in [0.29, 0.717) is 10.9 Å². The molecule has 0 atom stereocenters. The summed E-state index contributed by atoms with van der Waals surface area (Å²) in [6.07, 6.45) is 1.67. The molecule has 0 saturated carbocycles. The second kappa shape index (κ2) is 9.02. The number of benzene rings is 3. The molecule has 1 aromatic heterocycles. The van der Waals surface area contributed by atoms with Gasteiger partial charge in [0.25, 0.3) is 5.69 Å². The van der Waals surface area contributed by atoms with Gasteiger partial charge in [0.1, 0.15) is 12.4 Å². The summed E-state index contributed by atoms with van der Waals surface area (Å²) in [5.41, 5.74) is 5.55. The molecule has 0 bridgehead atoms. The molecule has 4 rings (SSSR count). The van der Waals surface area contributed by atoms with Crippen LogP contribution in [-0.2, 0) is 6.61 Å². The van der Waals surface area contributed by atoms with Gasteiger partial charge in [0, 0.05) is 22.2 Å². The number of non-ortho nitro benzene ring substituents is 1. The predicted molar refractivity (Wildman–Crippen MR) is 122 cm³/mol. The smallest absolute Gasteiger partial charge is 0.269 e. The predicted octanol–water partition coefficient (Wildman–Crippen LogP) is 5.99. The van der Waals surface area contributed by atoms with Crippen LogP contribution in [-0.4, -0.2) is 16.1 Å². The molecule has 0 amide bonds. The fourth-order valence-electron chi connectivity index (χ4n) is 2.70. The molecule has 0 aliphatic rings. The molecule has 1 heterocycles. The first kappa shape index (κ1) is 20.0. The fraction of sp³-hybridized carbons (Fsp3) is 0.0476. The van der Waals surface area contributed by atoms with Gasteiger partial charge in [-0.15, -0.1) is 0 Å². The normalized spacial score (nSPS) is 11.1. The lowest BCUT2D eigenvalue weighted by molar-refractivity contribution is -0.384. The third-order valence-corrected chi connectivity index (χ3v) is 5.61. The highest BCUT2D eigenvalue weighted by Crippen LogP contribution is 2.26. The number of rotatable bonds is 7. The van der Waals surface area contributed by atoms with Crippen LogP contribution in [0, 0.1) is 10.1 Å². The van der Waals surface area contributed by atoms with Gasteiger partial charge in [-0.25, -0.2) is 4.98 Å². The molecular formula is C21H15BrN4O3S. The van der Waals surface area contributed by atoms with E-state index in [1.54, 1.807) is 18.3 Å². The van der Waals surface area contributed by atoms with Crippen LogP contribution < -0.4 is 10.2 Å². The molecular weight excluding hydrogens is 468 g/mol. The molecule has 30 heavy (non-hydrogen) atoms. The molecule has 150 valence electrons. The van der Waals surface area contributed by atoms with Crippen molar-refractivity contribution >= 4 is 54.5 Å². The highest BCUT2D eigenvalue weighted by Gasteiger charge is 2.07. The van der Waals surface area contributed by atoms with E-state index in [9.17, 15) is 10.1 Å². The number of hydrogen-bond acceptors (Lipinski definition) is 7. The summed E-state index contributed by atoms with van der Waals surface area (Å²) in [5, 5.41) is 15.8. The van der Waals surface area contributed by atoms with Gasteiger partial charge in [-0.1, -0.05) is 39.4 Å². The van der Waals surface area contributed by atoms with E-state index in [1.807, 2.05) is 42.5 Å². The number of para-hydroxylation sites is 1. The lowest BCUT2D eigenvalue weighted by Crippen LogP contribution is -1.99. The van der Waals surface area contributed by atoms with Gasteiger partial charge in [-0.2, -0.15) is 5.10 Å². The SMILES string of the molecule is O=[N+]([O-])c1ccc(COc2ccc(Br)cc2/C=N\Nc2nc3ccccc3s2)cc1. The van der Waals surface area contributed by atoms with Gasteiger partial charge >= 0.3 is 0 Å². The van der Waals surface area contributed by atoms with Gasteiger partial charge in [0.15, 0.2) is 0 Å². The maximum Gasteiger partial charge on any atom is 0.269 e. The summed E-state index contributed by atoms with van der Waals surface area (Å²) in [5.74, 6) is 0.645. The molecule has 0 spiro atoms. The third-order valence-electron chi connectivity index (χ3n) is 4.17. The molecule has 0 unspecified atom stereocenters. The summed E-state index contributed by atoms with van der Waals surface area (Å²) in [6, 6.07) is 19.8. The Morgan fingerprint density at radius 3 is 2.73 bits per heavy atom. The first-order valence-corrected chi connectivity index (χ1v) is 10.5. The fourth-order valence-corrected chi connectivity index (χ4v) is 3.90. The number of anilines is 1. The van der Waals surface area contributed by atoms with Gasteiger partial charge in [0.05, 0.1) is 21.4 Å². The number of nitrogens with one attached hydrogen (secondary N) is 1. The summed E-state index contributed by atoms with van der Waals surface area (Å²) in [7, 11) is 0. The Morgan fingerprint density at radius 1 is 1.17 bits per heavy atom. The summed E-state index contributed by atoms with van der Waals surface area (Å²) in [6.45, 7) is 0.283. The van der Waals surface area contributed by atoms with Crippen LogP contribution in [0.1, 0.15) is 11.1 Å². The zero-order valence-electron chi connectivity index (χ0n) is 15.5.